The molecule has 0 spiro atoms. The van der Waals surface area contributed by atoms with Crippen LogP contribution in [-0.4, -0.2) is 11.8 Å². The molecule has 0 radical (unpaired) electrons. The number of ketones is 1. The number of urea groups is 1. The summed E-state index contributed by atoms with van der Waals surface area (Å²) in [7, 11) is 0. The van der Waals surface area contributed by atoms with Crippen molar-refractivity contribution in [3.05, 3.63) is 58.6 Å². The average Bonchev–Trinajstić information content (AvgIpc) is 2.64. The van der Waals surface area contributed by atoms with Gasteiger partial charge in [-0.2, -0.15) is 0 Å². The number of hydrogen-bond acceptors (Lipinski definition) is 2. The number of nitrogens with zero attached hydrogens (tertiary/aromatic N) is 1. The van der Waals surface area contributed by atoms with Gasteiger partial charge in [0.1, 0.15) is 0 Å². The lowest BCUT2D eigenvalue weighted by Crippen LogP contribution is -2.32. The van der Waals surface area contributed by atoms with E-state index in [1.165, 1.54) is 4.90 Å². The summed E-state index contributed by atoms with van der Waals surface area (Å²) in [6.07, 6.45) is 0.0702. The number of Topliss-reactive ketones (excluding diaryl/α,β-unsaturated/α-hetero) is 1. The van der Waals surface area contributed by atoms with E-state index < -0.39 is 6.03 Å². The molecule has 2 aromatic rings. The molecule has 1 aliphatic rings. The second-order valence-electron chi connectivity index (χ2n) is 5.13. The van der Waals surface area contributed by atoms with Gasteiger partial charge in [0.2, 0.25) is 0 Å². The minimum Gasteiger partial charge on any atom is -0.351 e. The molecule has 2 N–H and O–H groups in total. The lowest BCUT2D eigenvalue weighted by Gasteiger charge is -2.23. The van der Waals surface area contributed by atoms with Crippen molar-refractivity contribution >= 4 is 23.2 Å². The third-order valence-electron chi connectivity index (χ3n) is 3.72. The van der Waals surface area contributed by atoms with Crippen LogP contribution in [0.2, 0.25) is 0 Å². The van der Waals surface area contributed by atoms with Gasteiger partial charge in [-0.25, -0.2) is 4.79 Å². The topological polar surface area (TPSA) is 63.4 Å². The van der Waals surface area contributed by atoms with E-state index in [0.29, 0.717) is 22.4 Å². The first kappa shape index (κ1) is 11.1. The Morgan fingerprint density at radius 2 is 1.86 bits per heavy atom. The van der Waals surface area contributed by atoms with Crippen LogP contribution in [-0.2, 0) is 6.42 Å². The van der Waals surface area contributed by atoms with Crippen molar-refractivity contribution in [2.45, 2.75) is 20.3 Å². The zero-order valence-electron chi connectivity index (χ0n) is 13.9. The molecule has 0 atom stereocenters. The molecule has 106 valence electrons. The number of carbonyl (C=O) groups is 2. The van der Waals surface area contributed by atoms with E-state index in [1.807, 2.05) is 0 Å². The molecule has 2 aromatic carbocycles. The molecule has 1 heterocycles. The Kier molecular flexibility index (Phi) is 2.50. The third kappa shape index (κ3) is 2.09. The summed E-state index contributed by atoms with van der Waals surface area (Å²) in [6, 6.07) is 6.31. The molecule has 0 aromatic heterocycles. The Labute approximate surface area is 126 Å². The molecule has 1 aliphatic heterocycles. The maximum absolute atomic E-state index is 12.7. The van der Waals surface area contributed by atoms with E-state index in [2.05, 4.69) is 0 Å². The van der Waals surface area contributed by atoms with E-state index in [1.54, 1.807) is 38.1 Å². The van der Waals surface area contributed by atoms with Crippen LogP contribution in [0.3, 0.4) is 0 Å². The predicted molar refractivity (Wildman–Crippen MR) is 82.1 cm³/mol. The van der Waals surface area contributed by atoms with Crippen molar-refractivity contribution in [2.24, 2.45) is 5.73 Å². The molecule has 0 unspecified atom stereocenters. The van der Waals surface area contributed by atoms with Crippen LogP contribution in [0.1, 0.15) is 29.8 Å². The van der Waals surface area contributed by atoms with E-state index >= 15 is 0 Å². The van der Waals surface area contributed by atoms with Crippen molar-refractivity contribution in [1.29, 1.82) is 0 Å². The van der Waals surface area contributed by atoms with E-state index in [0.717, 1.165) is 0 Å². The number of carbonyl (C=O) groups excluding carboxylic acids is 2. The fourth-order valence-corrected chi connectivity index (χ4v) is 2.53. The van der Waals surface area contributed by atoms with Crippen LogP contribution in [0.25, 0.3) is 0 Å². The molecule has 0 fully saturated rings. The summed E-state index contributed by atoms with van der Waals surface area (Å²) in [6.45, 7) is 3.41. The Bertz CT molecular complexity index is 862. The van der Waals surface area contributed by atoms with Crippen LogP contribution >= 0.6 is 0 Å². The highest BCUT2D eigenvalue weighted by Crippen LogP contribution is 2.37. The van der Waals surface area contributed by atoms with Gasteiger partial charge in [-0.1, -0.05) is 18.2 Å². The summed E-state index contributed by atoms with van der Waals surface area (Å²) in [4.78, 5) is 26.0. The van der Waals surface area contributed by atoms with Gasteiger partial charge in [0.05, 0.1) is 14.1 Å². The summed E-state index contributed by atoms with van der Waals surface area (Å²) in [5.41, 5.74) is 8.03. The Balaban J connectivity index is 2.47. The average molecular weight is 282 g/mol. The van der Waals surface area contributed by atoms with E-state index in [-0.39, 0.29) is 35.5 Å². The predicted octanol–water partition coefficient (Wildman–Crippen LogP) is 3.26. The van der Waals surface area contributed by atoms with Gasteiger partial charge >= 0.3 is 6.03 Å². The van der Waals surface area contributed by atoms with Crippen LogP contribution in [0.5, 0.6) is 0 Å². The van der Waals surface area contributed by atoms with Crippen molar-refractivity contribution in [3.8, 4) is 0 Å². The molecule has 21 heavy (non-hydrogen) atoms. The number of nitrogens with two attached hydrogens (primary N) is 1. The maximum Gasteiger partial charge on any atom is 0.323 e. The lowest BCUT2D eigenvalue weighted by molar-refractivity contribution is 0.0994. The highest BCUT2D eigenvalue weighted by molar-refractivity contribution is 6.12. The van der Waals surface area contributed by atoms with Crippen molar-refractivity contribution in [1.82, 2.24) is 0 Å². The number of fused-ring (bicyclic) bond motifs is 2. The number of hydrogen-bond donors (Lipinski definition) is 1. The Morgan fingerprint density at radius 3 is 2.57 bits per heavy atom. The molecular weight excluding hydrogens is 264 g/mol. The fraction of sp³-hybridized carbons (Fsp3) is 0.176. The van der Waals surface area contributed by atoms with Crippen LogP contribution in [0, 0.1) is 13.8 Å². The van der Waals surface area contributed by atoms with Gasteiger partial charge in [0.15, 0.2) is 5.78 Å². The first-order chi connectivity index (χ1) is 10.8. The van der Waals surface area contributed by atoms with Crippen molar-refractivity contribution in [3.63, 3.8) is 0 Å². The third-order valence-corrected chi connectivity index (χ3v) is 3.72. The first-order valence-electron chi connectivity index (χ1n) is 7.65. The number of benzene rings is 2. The number of para-hydroxylation sites is 1. The molecule has 2 amide bonds. The molecule has 0 saturated carbocycles. The smallest absolute Gasteiger partial charge is 0.323 e. The fourth-order valence-electron chi connectivity index (χ4n) is 2.53. The summed E-state index contributed by atoms with van der Waals surface area (Å²) < 4.78 is 16.7. The molecule has 0 saturated heterocycles. The summed E-state index contributed by atoms with van der Waals surface area (Å²) in [5, 5.41) is 0. The van der Waals surface area contributed by atoms with Crippen molar-refractivity contribution < 1.29 is 12.3 Å². The number of rotatable bonds is 0. The second-order valence-corrected chi connectivity index (χ2v) is 5.13. The lowest BCUT2D eigenvalue weighted by atomic mass is 9.99. The normalized spacial score (nSPS) is 14.8. The highest BCUT2D eigenvalue weighted by Gasteiger charge is 2.28. The molecular formula is C17H16N2O2. The summed E-state index contributed by atoms with van der Waals surface area (Å²) in [5.74, 6) is -0.280. The first-order valence-corrected chi connectivity index (χ1v) is 6.65. The standard InChI is InChI=1S/C17H16N2O2/c1-10-7-13-15(8-11(10)2)19(17(18)21)14-6-4-3-5-12(14)9-16(13)20/h3-8H,9H2,1-2H3,(H2,18,21)/i7D,8D. The van der Waals surface area contributed by atoms with Gasteiger partial charge in [0, 0.05) is 12.0 Å². The zero-order chi connectivity index (χ0) is 16.9. The monoisotopic (exact) mass is 282 g/mol. The number of amides is 2. The van der Waals surface area contributed by atoms with Gasteiger partial charge < -0.3 is 5.73 Å². The van der Waals surface area contributed by atoms with E-state index in [9.17, 15) is 9.59 Å². The van der Waals surface area contributed by atoms with Gasteiger partial charge in [-0.15, -0.1) is 0 Å². The van der Waals surface area contributed by atoms with Crippen molar-refractivity contribution in [2.75, 3.05) is 4.90 Å². The SMILES string of the molecule is [2H]c1c(C)c(C)c([2H])c2c1C(=O)Cc1ccccc1N2C(N)=O. The maximum atomic E-state index is 12.7. The zero-order valence-corrected chi connectivity index (χ0v) is 11.9. The number of primary amides is 1. The molecule has 3 rings (SSSR count). The molecule has 0 aliphatic carbocycles. The minimum atomic E-state index is -0.774. The largest absolute Gasteiger partial charge is 0.351 e. The van der Waals surface area contributed by atoms with Gasteiger partial charge in [-0.05, 0) is 48.7 Å². The summed E-state index contributed by atoms with van der Waals surface area (Å²) >= 11 is 0. The number of anilines is 2. The minimum absolute atomic E-state index is 0.0531. The van der Waals surface area contributed by atoms with Crippen LogP contribution < -0.4 is 10.6 Å². The Hall–Kier alpha value is -2.62. The molecule has 4 heteroatoms. The molecule has 0 bridgehead atoms. The van der Waals surface area contributed by atoms with Crippen LogP contribution in [0.4, 0.5) is 16.2 Å². The highest BCUT2D eigenvalue weighted by atomic mass is 16.2. The van der Waals surface area contributed by atoms with E-state index in [4.69, 9.17) is 8.48 Å². The van der Waals surface area contributed by atoms with Gasteiger partial charge in [0.25, 0.3) is 0 Å². The Morgan fingerprint density at radius 1 is 1.19 bits per heavy atom. The quantitative estimate of drug-likeness (QED) is 0.806. The molecule has 4 nitrogen and oxygen atoms in total. The van der Waals surface area contributed by atoms with Crippen LogP contribution in [0.15, 0.2) is 36.4 Å². The van der Waals surface area contributed by atoms with Gasteiger partial charge in [-0.3, -0.25) is 9.69 Å². The second kappa shape index (κ2) is 4.74.